The van der Waals surface area contributed by atoms with Crippen LogP contribution < -0.4 is 15.1 Å². The second-order valence-corrected chi connectivity index (χ2v) is 9.46. The molecule has 1 heterocycles. The van der Waals surface area contributed by atoms with Gasteiger partial charge in [0.25, 0.3) is 0 Å². The van der Waals surface area contributed by atoms with Gasteiger partial charge in [-0.05, 0) is 42.0 Å². The highest BCUT2D eigenvalue weighted by Gasteiger charge is 2.28. The summed E-state index contributed by atoms with van der Waals surface area (Å²) in [5.74, 6) is -0.148. The van der Waals surface area contributed by atoms with Crippen molar-refractivity contribution in [3.05, 3.63) is 59.9 Å². The van der Waals surface area contributed by atoms with E-state index >= 15 is 0 Å². The lowest BCUT2D eigenvalue weighted by molar-refractivity contribution is -0.128. The standard InChI is InChI=1S/C25H35FN4O/c1-25(2,3)24(31)27-18-23(19-6-10-21(11-7-19)28(4)5)30-16-14-29(15-17-30)22-12-8-20(26)9-13-22/h6-13,23H,14-18H2,1-5H3,(H,27,31)/t23-/m0/s1. The number of rotatable bonds is 6. The van der Waals surface area contributed by atoms with Crippen LogP contribution in [0.4, 0.5) is 15.8 Å². The smallest absolute Gasteiger partial charge is 0.225 e. The minimum Gasteiger partial charge on any atom is -0.378 e. The Kier molecular flexibility index (Phi) is 7.21. The number of carbonyl (C=O) groups excluding carboxylic acids is 1. The van der Waals surface area contributed by atoms with Crippen LogP contribution in [0.5, 0.6) is 0 Å². The van der Waals surface area contributed by atoms with Crippen molar-refractivity contribution in [2.45, 2.75) is 26.8 Å². The van der Waals surface area contributed by atoms with Crippen molar-refractivity contribution in [2.75, 3.05) is 56.6 Å². The predicted molar refractivity (Wildman–Crippen MR) is 126 cm³/mol. The Morgan fingerprint density at radius 2 is 1.58 bits per heavy atom. The summed E-state index contributed by atoms with van der Waals surface area (Å²) in [6.07, 6.45) is 0. The fraction of sp³-hybridized carbons (Fsp3) is 0.480. The van der Waals surface area contributed by atoms with Gasteiger partial charge in [0.15, 0.2) is 0 Å². The van der Waals surface area contributed by atoms with Gasteiger partial charge in [-0.1, -0.05) is 32.9 Å². The number of hydrogen-bond acceptors (Lipinski definition) is 4. The molecular formula is C25H35FN4O. The number of carbonyl (C=O) groups is 1. The van der Waals surface area contributed by atoms with E-state index in [1.165, 1.54) is 17.7 Å². The number of piperazine rings is 1. The SMILES string of the molecule is CN(C)c1ccc([C@H](CNC(=O)C(C)(C)C)N2CCN(c3ccc(F)cc3)CC2)cc1. The molecule has 1 saturated heterocycles. The van der Waals surface area contributed by atoms with Crippen LogP contribution in [0.2, 0.25) is 0 Å². The summed E-state index contributed by atoms with van der Waals surface area (Å²) >= 11 is 0. The lowest BCUT2D eigenvalue weighted by Gasteiger charge is -2.40. The minimum atomic E-state index is -0.416. The fourth-order valence-corrected chi connectivity index (χ4v) is 3.85. The Balaban J connectivity index is 1.73. The van der Waals surface area contributed by atoms with Gasteiger partial charge in [0.1, 0.15) is 5.82 Å². The summed E-state index contributed by atoms with van der Waals surface area (Å²) < 4.78 is 13.3. The third-order valence-corrected chi connectivity index (χ3v) is 5.88. The maximum Gasteiger partial charge on any atom is 0.225 e. The zero-order valence-electron chi connectivity index (χ0n) is 19.4. The van der Waals surface area contributed by atoms with Gasteiger partial charge in [-0.25, -0.2) is 4.39 Å². The second kappa shape index (κ2) is 9.69. The lowest BCUT2D eigenvalue weighted by Crippen LogP contribution is -2.50. The van der Waals surface area contributed by atoms with E-state index in [0.29, 0.717) is 6.54 Å². The summed E-state index contributed by atoms with van der Waals surface area (Å²) in [4.78, 5) is 19.3. The molecule has 1 N–H and O–H groups in total. The minimum absolute atomic E-state index is 0.0624. The Bertz CT molecular complexity index is 851. The summed E-state index contributed by atoms with van der Waals surface area (Å²) in [6.45, 7) is 9.87. The number of nitrogens with one attached hydrogen (secondary N) is 1. The van der Waals surface area contributed by atoms with Crippen LogP contribution in [-0.2, 0) is 4.79 Å². The summed E-state index contributed by atoms with van der Waals surface area (Å²) in [7, 11) is 4.06. The molecule has 5 nitrogen and oxygen atoms in total. The van der Waals surface area contributed by atoms with Crippen molar-refractivity contribution in [2.24, 2.45) is 5.41 Å². The molecule has 0 aromatic heterocycles. The Morgan fingerprint density at radius 1 is 1.00 bits per heavy atom. The van der Waals surface area contributed by atoms with Crippen LogP contribution in [0.3, 0.4) is 0 Å². The summed E-state index contributed by atoms with van der Waals surface area (Å²) in [5, 5.41) is 3.16. The molecule has 0 bridgehead atoms. The number of amides is 1. The van der Waals surface area contributed by atoms with E-state index in [4.69, 9.17) is 0 Å². The molecule has 0 unspecified atom stereocenters. The Morgan fingerprint density at radius 3 is 2.10 bits per heavy atom. The van der Waals surface area contributed by atoms with Crippen LogP contribution >= 0.6 is 0 Å². The highest BCUT2D eigenvalue weighted by molar-refractivity contribution is 5.81. The molecule has 0 spiro atoms. The molecule has 2 aromatic carbocycles. The zero-order valence-corrected chi connectivity index (χ0v) is 19.4. The van der Waals surface area contributed by atoms with Crippen LogP contribution in [0, 0.1) is 11.2 Å². The average molecular weight is 427 g/mol. The van der Waals surface area contributed by atoms with E-state index in [1.54, 1.807) is 0 Å². The molecule has 31 heavy (non-hydrogen) atoms. The molecule has 0 radical (unpaired) electrons. The molecule has 6 heteroatoms. The molecule has 1 fully saturated rings. The number of benzene rings is 2. The highest BCUT2D eigenvalue weighted by Crippen LogP contribution is 2.26. The van der Waals surface area contributed by atoms with E-state index in [0.717, 1.165) is 37.6 Å². The van der Waals surface area contributed by atoms with E-state index in [-0.39, 0.29) is 17.8 Å². The molecule has 0 aliphatic carbocycles. The first-order valence-corrected chi connectivity index (χ1v) is 11.0. The number of halogens is 1. The molecule has 168 valence electrons. The summed E-state index contributed by atoms with van der Waals surface area (Å²) in [5.41, 5.74) is 2.99. The van der Waals surface area contributed by atoms with Gasteiger partial charge in [-0.15, -0.1) is 0 Å². The Labute approximate surface area is 185 Å². The zero-order chi connectivity index (χ0) is 22.6. The van der Waals surface area contributed by atoms with Gasteiger partial charge in [0.2, 0.25) is 5.91 Å². The average Bonchev–Trinajstić information content (AvgIpc) is 2.74. The maximum absolute atomic E-state index is 13.3. The first-order chi connectivity index (χ1) is 14.6. The van der Waals surface area contributed by atoms with Crippen LogP contribution in [-0.4, -0.2) is 57.6 Å². The van der Waals surface area contributed by atoms with E-state index in [1.807, 2.05) is 47.0 Å². The van der Waals surface area contributed by atoms with E-state index in [2.05, 4.69) is 44.3 Å². The van der Waals surface area contributed by atoms with Crippen molar-refractivity contribution in [1.82, 2.24) is 10.2 Å². The van der Waals surface area contributed by atoms with Gasteiger partial charge in [-0.3, -0.25) is 9.69 Å². The van der Waals surface area contributed by atoms with Crippen LogP contribution in [0.25, 0.3) is 0 Å². The van der Waals surface area contributed by atoms with Gasteiger partial charge in [-0.2, -0.15) is 0 Å². The third kappa shape index (κ3) is 5.97. The Hall–Kier alpha value is -2.60. The van der Waals surface area contributed by atoms with Crippen LogP contribution in [0.1, 0.15) is 32.4 Å². The predicted octanol–water partition coefficient (Wildman–Crippen LogP) is 3.92. The van der Waals surface area contributed by atoms with Gasteiger partial charge >= 0.3 is 0 Å². The van der Waals surface area contributed by atoms with Crippen molar-refractivity contribution >= 4 is 17.3 Å². The molecular weight excluding hydrogens is 391 g/mol. The molecule has 1 aliphatic heterocycles. The first-order valence-electron chi connectivity index (χ1n) is 11.0. The fourth-order valence-electron chi connectivity index (χ4n) is 3.85. The van der Waals surface area contributed by atoms with E-state index in [9.17, 15) is 9.18 Å². The highest BCUT2D eigenvalue weighted by atomic mass is 19.1. The van der Waals surface area contributed by atoms with Crippen molar-refractivity contribution < 1.29 is 9.18 Å². The number of anilines is 2. The van der Waals surface area contributed by atoms with Gasteiger partial charge < -0.3 is 15.1 Å². The molecule has 0 saturated carbocycles. The first kappa shape index (κ1) is 23.1. The molecule has 2 aromatic rings. The quantitative estimate of drug-likeness (QED) is 0.760. The maximum atomic E-state index is 13.3. The lowest BCUT2D eigenvalue weighted by atomic mass is 9.95. The van der Waals surface area contributed by atoms with Crippen LogP contribution in [0.15, 0.2) is 48.5 Å². The van der Waals surface area contributed by atoms with E-state index < -0.39 is 5.41 Å². The molecule has 3 rings (SSSR count). The van der Waals surface area contributed by atoms with Crippen molar-refractivity contribution in [3.8, 4) is 0 Å². The normalized spacial score (nSPS) is 16.1. The summed E-state index contributed by atoms with van der Waals surface area (Å²) in [6, 6.07) is 15.4. The van der Waals surface area contributed by atoms with Crippen molar-refractivity contribution in [1.29, 1.82) is 0 Å². The molecule has 1 aliphatic rings. The largest absolute Gasteiger partial charge is 0.378 e. The number of hydrogen-bond donors (Lipinski definition) is 1. The van der Waals surface area contributed by atoms with Gasteiger partial charge in [0, 0.05) is 63.6 Å². The second-order valence-electron chi connectivity index (χ2n) is 9.46. The van der Waals surface area contributed by atoms with Crippen molar-refractivity contribution in [3.63, 3.8) is 0 Å². The third-order valence-electron chi connectivity index (χ3n) is 5.88. The molecule has 1 atom stereocenters. The monoisotopic (exact) mass is 426 g/mol. The van der Waals surface area contributed by atoms with Gasteiger partial charge in [0.05, 0.1) is 6.04 Å². The molecule has 1 amide bonds. The topological polar surface area (TPSA) is 38.8 Å². The number of nitrogens with zero attached hydrogens (tertiary/aromatic N) is 3.